The van der Waals surface area contributed by atoms with Crippen molar-refractivity contribution in [3.8, 4) is 0 Å². The van der Waals surface area contributed by atoms with Crippen molar-refractivity contribution < 1.29 is 18.0 Å². The fourth-order valence-corrected chi connectivity index (χ4v) is 7.84. The average molecular weight is 623 g/mol. The van der Waals surface area contributed by atoms with Crippen molar-refractivity contribution in [2.45, 2.75) is 155 Å². The Kier molecular flexibility index (Phi) is 9.70. The third-order valence-corrected chi connectivity index (χ3v) is 23.7. The van der Waals surface area contributed by atoms with Crippen LogP contribution in [-0.4, -0.2) is 69.4 Å². The van der Waals surface area contributed by atoms with Crippen LogP contribution in [0.4, 0.5) is 0 Å². The van der Waals surface area contributed by atoms with Crippen LogP contribution in [-0.2, 0) is 24.4 Å². The van der Waals surface area contributed by atoms with Gasteiger partial charge in [0.1, 0.15) is 30.2 Å². The van der Waals surface area contributed by atoms with Crippen LogP contribution in [0.2, 0.25) is 54.4 Å². The molecular weight excluding hydrogens is 565 g/mol. The first-order chi connectivity index (χ1) is 18.4. The standard InChI is InChI=1S/C30H58N4O4Si3/c1-17-21-23-26(32-19-31-21)34(20-33-23)27-25(38-41(15,16)30(8,9)10)24(37-40(13,14)29(5,6)7)22(36-27)18-35-39(11,12)28(2,3)4/h19-20,22,24-25,27H,17-18H2,1-16H3/t22-,24-,25-,27-/m1/s1. The lowest BCUT2D eigenvalue weighted by molar-refractivity contribution is -0.0470. The van der Waals surface area contributed by atoms with Gasteiger partial charge in [0.2, 0.25) is 0 Å². The summed E-state index contributed by atoms with van der Waals surface area (Å²) in [6, 6.07) is 0. The van der Waals surface area contributed by atoms with Crippen LogP contribution in [0.25, 0.3) is 11.2 Å². The van der Waals surface area contributed by atoms with Crippen molar-refractivity contribution in [3.63, 3.8) is 0 Å². The Morgan fingerprint density at radius 3 is 1.76 bits per heavy atom. The van der Waals surface area contributed by atoms with Gasteiger partial charge in [-0.15, -0.1) is 0 Å². The minimum atomic E-state index is -2.23. The minimum absolute atomic E-state index is 0.0172. The fraction of sp³-hybridized carbons (Fsp3) is 0.833. The highest BCUT2D eigenvalue weighted by molar-refractivity contribution is 6.75. The molecule has 0 aromatic carbocycles. The van der Waals surface area contributed by atoms with E-state index in [9.17, 15) is 0 Å². The van der Waals surface area contributed by atoms with Gasteiger partial charge in [0.15, 0.2) is 36.8 Å². The molecule has 0 radical (unpaired) electrons. The maximum Gasteiger partial charge on any atom is 0.192 e. The van der Waals surface area contributed by atoms with E-state index in [4.69, 9.17) is 23.0 Å². The second-order valence-corrected chi connectivity index (χ2v) is 30.6. The van der Waals surface area contributed by atoms with E-state index >= 15 is 0 Å². The van der Waals surface area contributed by atoms with Crippen molar-refractivity contribution in [1.29, 1.82) is 0 Å². The van der Waals surface area contributed by atoms with Gasteiger partial charge >= 0.3 is 0 Å². The molecule has 2 aromatic rings. The van der Waals surface area contributed by atoms with E-state index < -0.39 is 31.2 Å². The predicted molar refractivity (Wildman–Crippen MR) is 176 cm³/mol. The number of nitrogens with zero attached hydrogens (tertiary/aromatic N) is 4. The number of aryl methyl sites for hydroxylation is 1. The Balaban J connectivity index is 2.16. The molecule has 0 bridgehead atoms. The lowest BCUT2D eigenvalue weighted by atomic mass is 10.1. The Morgan fingerprint density at radius 1 is 0.756 bits per heavy atom. The first kappa shape index (κ1) is 34.5. The molecule has 3 rings (SSSR count). The summed E-state index contributed by atoms with van der Waals surface area (Å²) in [6.45, 7) is 36.8. The zero-order valence-electron chi connectivity index (χ0n) is 28.8. The molecule has 8 nitrogen and oxygen atoms in total. The maximum atomic E-state index is 7.28. The SMILES string of the molecule is CCc1ncnc2c1ncn2[C@@H]1O[C@H](CO[Si](C)(C)C(C)(C)C)[C@@H](O[Si](C)(C)C(C)(C)C)[C@H]1O[Si](C)(C)C(C)(C)C. The highest BCUT2D eigenvalue weighted by Crippen LogP contribution is 2.47. The van der Waals surface area contributed by atoms with Crippen molar-refractivity contribution in [2.75, 3.05) is 6.61 Å². The van der Waals surface area contributed by atoms with Crippen LogP contribution in [0, 0.1) is 0 Å². The summed E-state index contributed by atoms with van der Waals surface area (Å²) in [4.78, 5) is 13.9. The van der Waals surface area contributed by atoms with Crippen LogP contribution in [0.15, 0.2) is 12.7 Å². The number of fused-ring (bicyclic) bond motifs is 1. The predicted octanol–water partition coefficient (Wildman–Crippen LogP) is 8.09. The zero-order valence-corrected chi connectivity index (χ0v) is 31.8. The van der Waals surface area contributed by atoms with Gasteiger partial charge in [-0.25, -0.2) is 15.0 Å². The summed E-state index contributed by atoms with van der Waals surface area (Å²) < 4.78 is 30.4. The number of imidazole rings is 1. The van der Waals surface area contributed by atoms with E-state index in [1.165, 1.54) is 0 Å². The highest BCUT2D eigenvalue weighted by atomic mass is 28.4. The summed E-state index contributed by atoms with van der Waals surface area (Å²) >= 11 is 0. The van der Waals surface area contributed by atoms with Gasteiger partial charge in [0.05, 0.1) is 18.6 Å². The lowest BCUT2D eigenvalue weighted by Crippen LogP contribution is -2.54. The molecule has 1 aliphatic heterocycles. The largest absolute Gasteiger partial charge is 0.414 e. The third-order valence-electron chi connectivity index (χ3n) is 10.2. The molecule has 0 amide bonds. The molecule has 0 spiro atoms. The molecule has 0 saturated carbocycles. The molecule has 0 N–H and O–H groups in total. The van der Waals surface area contributed by atoms with Crippen molar-refractivity contribution in [1.82, 2.24) is 19.5 Å². The molecule has 3 heterocycles. The molecule has 11 heteroatoms. The topological polar surface area (TPSA) is 80.5 Å². The first-order valence-electron chi connectivity index (χ1n) is 15.2. The molecule has 1 aliphatic rings. The van der Waals surface area contributed by atoms with E-state index in [0.29, 0.717) is 6.61 Å². The van der Waals surface area contributed by atoms with E-state index in [1.807, 2.05) is 10.9 Å². The number of hydrogen-bond donors (Lipinski definition) is 0. The Morgan fingerprint density at radius 2 is 1.27 bits per heavy atom. The lowest BCUT2D eigenvalue weighted by Gasteiger charge is -2.44. The Bertz CT molecular complexity index is 1200. The summed E-state index contributed by atoms with van der Waals surface area (Å²) in [5, 5.41) is 0.137. The molecule has 0 aliphatic carbocycles. The summed E-state index contributed by atoms with van der Waals surface area (Å²) in [6.07, 6.45) is 2.89. The molecule has 2 aromatic heterocycles. The number of aromatic nitrogens is 4. The minimum Gasteiger partial charge on any atom is -0.414 e. The quantitative estimate of drug-likeness (QED) is 0.262. The van der Waals surface area contributed by atoms with Crippen molar-refractivity contribution in [2.24, 2.45) is 0 Å². The molecule has 41 heavy (non-hydrogen) atoms. The van der Waals surface area contributed by atoms with Crippen LogP contribution >= 0.6 is 0 Å². The van der Waals surface area contributed by atoms with Crippen LogP contribution in [0.1, 0.15) is 81.2 Å². The van der Waals surface area contributed by atoms with Gasteiger partial charge in [0, 0.05) is 0 Å². The molecule has 0 unspecified atom stereocenters. The first-order valence-corrected chi connectivity index (χ1v) is 24.0. The summed E-state index contributed by atoms with van der Waals surface area (Å²) in [5.41, 5.74) is 2.51. The van der Waals surface area contributed by atoms with Crippen molar-refractivity contribution in [3.05, 3.63) is 18.3 Å². The molecule has 1 saturated heterocycles. The van der Waals surface area contributed by atoms with E-state index in [1.54, 1.807) is 6.33 Å². The van der Waals surface area contributed by atoms with Crippen LogP contribution in [0.3, 0.4) is 0 Å². The second-order valence-electron chi connectivity index (χ2n) is 16.3. The zero-order chi connectivity index (χ0) is 31.4. The number of rotatable bonds is 9. The fourth-order valence-electron chi connectivity index (χ4n) is 4.22. The molecular formula is C30H58N4O4Si3. The van der Waals surface area contributed by atoms with Gasteiger partial charge in [-0.05, 0) is 60.8 Å². The number of hydrogen-bond acceptors (Lipinski definition) is 7. The number of ether oxygens (including phenoxy) is 1. The van der Waals surface area contributed by atoms with Crippen molar-refractivity contribution >= 4 is 36.1 Å². The summed E-state index contributed by atoms with van der Waals surface area (Å²) in [5.74, 6) is 0. The van der Waals surface area contributed by atoms with E-state index in [0.717, 1.165) is 23.3 Å². The molecule has 1 fully saturated rings. The molecule has 234 valence electrons. The van der Waals surface area contributed by atoms with Gasteiger partial charge in [-0.2, -0.15) is 0 Å². The molecule has 4 atom stereocenters. The second kappa shape index (κ2) is 11.5. The average Bonchev–Trinajstić information content (AvgIpc) is 3.36. The van der Waals surface area contributed by atoms with Gasteiger partial charge in [0.25, 0.3) is 0 Å². The van der Waals surface area contributed by atoms with Crippen LogP contribution < -0.4 is 0 Å². The van der Waals surface area contributed by atoms with E-state index in [2.05, 4.69) is 118 Å². The smallest absolute Gasteiger partial charge is 0.192 e. The van der Waals surface area contributed by atoms with Gasteiger partial charge in [-0.1, -0.05) is 69.2 Å². The third kappa shape index (κ3) is 7.07. The van der Waals surface area contributed by atoms with E-state index in [-0.39, 0.29) is 33.4 Å². The maximum absolute atomic E-state index is 7.28. The monoisotopic (exact) mass is 622 g/mol. The van der Waals surface area contributed by atoms with Crippen LogP contribution in [0.5, 0.6) is 0 Å². The summed E-state index contributed by atoms with van der Waals surface area (Å²) in [7, 11) is -6.48. The van der Waals surface area contributed by atoms with Gasteiger partial charge < -0.3 is 18.0 Å². The Labute approximate surface area is 252 Å². The van der Waals surface area contributed by atoms with Gasteiger partial charge in [-0.3, -0.25) is 4.57 Å². The normalized spacial score (nSPS) is 23.5. The highest BCUT2D eigenvalue weighted by Gasteiger charge is 2.55. The Hall–Kier alpha value is -0.959.